The number of carbonyl (C=O) groups is 1. The number of aryl methyl sites for hydroxylation is 3. The summed E-state index contributed by atoms with van der Waals surface area (Å²) in [5, 5.41) is 3.01. The quantitative estimate of drug-likeness (QED) is 0.365. The van der Waals surface area contributed by atoms with Crippen LogP contribution in [0.25, 0.3) is 22.6 Å². The van der Waals surface area contributed by atoms with Crippen molar-refractivity contribution in [1.29, 1.82) is 0 Å². The van der Waals surface area contributed by atoms with E-state index >= 15 is 0 Å². The fourth-order valence-electron chi connectivity index (χ4n) is 3.39. The lowest BCUT2D eigenvalue weighted by molar-refractivity contribution is 0.102. The number of benzene rings is 3. The molecule has 0 aliphatic heterocycles. The largest absolute Gasteiger partial charge is 0.491 e. The summed E-state index contributed by atoms with van der Waals surface area (Å²) in [5.74, 6) is 1.12. The minimum atomic E-state index is -0.177. The zero-order valence-corrected chi connectivity index (χ0v) is 19.2. The first-order chi connectivity index (χ1) is 15.3. The number of ether oxygens (including phenoxy) is 1. The van der Waals surface area contributed by atoms with Crippen LogP contribution in [0.15, 0.2) is 59.0 Å². The van der Waals surface area contributed by atoms with Gasteiger partial charge in [0, 0.05) is 16.8 Å². The van der Waals surface area contributed by atoms with Crippen LogP contribution >= 0.6 is 0 Å². The summed E-state index contributed by atoms with van der Waals surface area (Å²) in [6.45, 7) is 10.2. The molecular weight excluding hydrogens is 400 g/mol. The molecule has 5 nitrogen and oxygen atoms in total. The Hall–Kier alpha value is -3.60. The highest BCUT2D eigenvalue weighted by molar-refractivity contribution is 6.05. The number of carbonyl (C=O) groups excluding carboxylic acids is 1. The van der Waals surface area contributed by atoms with E-state index in [1.807, 2.05) is 56.3 Å². The minimum Gasteiger partial charge on any atom is -0.491 e. The molecule has 0 bridgehead atoms. The van der Waals surface area contributed by atoms with Crippen molar-refractivity contribution in [3.63, 3.8) is 0 Å². The number of hydrogen-bond acceptors (Lipinski definition) is 4. The van der Waals surface area contributed by atoms with Crippen LogP contribution in [0, 0.1) is 20.8 Å². The second kappa shape index (κ2) is 8.87. The number of fused-ring (bicyclic) bond motifs is 1. The Morgan fingerprint density at radius 3 is 2.44 bits per heavy atom. The van der Waals surface area contributed by atoms with Gasteiger partial charge in [-0.05, 0) is 99.3 Å². The number of anilines is 1. The van der Waals surface area contributed by atoms with E-state index in [9.17, 15) is 4.79 Å². The predicted octanol–water partition coefficient (Wildman–Crippen LogP) is 6.85. The van der Waals surface area contributed by atoms with Crippen molar-refractivity contribution < 1.29 is 13.9 Å². The molecule has 1 N–H and O–H groups in total. The van der Waals surface area contributed by atoms with Crippen molar-refractivity contribution in [2.24, 2.45) is 0 Å². The highest BCUT2D eigenvalue weighted by atomic mass is 16.5. The van der Waals surface area contributed by atoms with Gasteiger partial charge in [-0.2, -0.15) is 0 Å². The Balaban J connectivity index is 1.56. The number of rotatable bonds is 6. The number of amides is 1. The summed E-state index contributed by atoms with van der Waals surface area (Å²) in [7, 11) is 0. The minimum absolute atomic E-state index is 0.139. The van der Waals surface area contributed by atoms with Gasteiger partial charge in [-0.1, -0.05) is 13.0 Å². The number of aromatic nitrogens is 1. The molecule has 0 fully saturated rings. The fraction of sp³-hybridized carbons (Fsp3) is 0.259. The van der Waals surface area contributed by atoms with Gasteiger partial charge in [0.15, 0.2) is 5.58 Å². The molecule has 0 saturated heterocycles. The molecular formula is C27H28N2O3. The lowest BCUT2D eigenvalue weighted by Gasteiger charge is -2.13. The van der Waals surface area contributed by atoms with Crippen LogP contribution < -0.4 is 10.1 Å². The Bertz CT molecular complexity index is 1230. The molecule has 0 radical (unpaired) electrons. The first kappa shape index (κ1) is 21.6. The maximum Gasteiger partial charge on any atom is 0.255 e. The standard InChI is InChI=1S/C27H28N2O3/c1-6-19(5)31-22-11-9-20(10-12-22)26(30)28-23-15-21(8-7-16(23)2)27-29-24-13-17(3)18(4)14-25(24)32-27/h7-15,19H,6H2,1-5H3,(H,28,30). The molecule has 32 heavy (non-hydrogen) atoms. The molecule has 0 saturated carbocycles. The summed E-state index contributed by atoms with van der Waals surface area (Å²) < 4.78 is 11.8. The van der Waals surface area contributed by atoms with Gasteiger partial charge in [0.1, 0.15) is 11.3 Å². The number of nitrogens with one attached hydrogen (secondary N) is 1. The molecule has 0 spiro atoms. The van der Waals surface area contributed by atoms with E-state index in [1.54, 1.807) is 12.1 Å². The summed E-state index contributed by atoms with van der Waals surface area (Å²) in [4.78, 5) is 17.5. The van der Waals surface area contributed by atoms with Crippen molar-refractivity contribution in [1.82, 2.24) is 4.98 Å². The number of nitrogens with zero attached hydrogens (tertiary/aromatic N) is 1. The Morgan fingerprint density at radius 2 is 1.72 bits per heavy atom. The molecule has 1 amide bonds. The molecule has 4 rings (SSSR count). The van der Waals surface area contributed by atoms with Gasteiger partial charge in [-0.25, -0.2) is 4.98 Å². The van der Waals surface area contributed by atoms with Crippen LogP contribution in [-0.2, 0) is 0 Å². The van der Waals surface area contributed by atoms with E-state index < -0.39 is 0 Å². The zero-order chi connectivity index (χ0) is 22.8. The fourth-order valence-corrected chi connectivity index (χ4v) is 3.39. The van der Waals surface area contributed by atoms with Crippen LogP contribution in [0.4, 0.5) is 5.69 Å². The monoisotopic (exact) mass is 428 g/mol. The van der Waals surface area contributed by atoms with Gasteiger partial charge in [-0.15, -0.1) is 0 Å². The normalized spacial score (nSPS) is 12.0. The predicted molar refractivity (Wildman–Crippen MR) is 128 cm³/mol. The van der Waals surface area contributed by atoms with E-state index in [-0.39, 0.29) is 12.0 Å². The van der Waals surface area contributed by atoms with Crippen LogP contribution in [0.3, 0.4) is 0 Å². The summed E-state index contributed by atoms with van der Waals surface area (Å²) in [6.07, 6.45) is 1.07. The maximum absolute atomic E-state index is 12.8. The average molecular weight is 429 g/mol. The SMILES string of the molecule is CCC(C)Oc1ccc(C(=O)Nc2cc(-c3nc4cc(C)c(C)cc4o3)ccc2C)cc1. The van der Waals surface area contributed by atoms with E-state index in [0.29, 0.717) is 11.5 Å². The first-order valence-corrected chi connectivity index (χ1v) is 10.9. The molecule has 5 heteroatoms. The van der Waals surface area contributed by atoms with E-state index in [1.165, 1.54) is 5.56 Å². The van der Waals surface area contributed by atoms with Gasteiger partial charge >= 0.3 is 0 Å². The van der Waals surface area contributed by atoms with E-state index in [0.717, 1.165) is 45.6 Å². The molecule has 1 atom stereocenters. The smallest absolute Gasteiger partial charge is 0.255 e. The van der Waals surface area contributed by atoms with Gasteiger partial charge in [-0.3, -0.25) is 4.79 Å². The van der Waals surface area contributed by atoms with Crippen molar-refractivity contribution in [2.45, 2.75) is 47.1 Å². The maximum atomic E-state index is 12.8. The highest BCUT2D eigenvalue weighted by Gasteiger charge is 2.13. The summed E-state index contributed by atoms with van der Waals surface area (Å²) >= 11 is 0. The molecule has 3 aromatic carbocycles. The van der Waals surface area contributed by atoms with Crippen molar-refractivity contribution in [2.75, 3.05) is 5.32 Å². The molecule has 0 aliphatic carbocycles. The highest BCUT2D eigenvalue weighted by Crippen LogP contribution is 2.29. The zero-order valence-electron chi connectivity index (χ0n) is 19.2. The third-order valence-corrected chi connectivity index (χ3v) is 5.77. The first-order valence-electron chi connectivity index (χ1n) is 10.9. The third kappa shape index (κ3) is 4.52. The Morgan fingerprint density at radius 1 is 1.00 bits per heavy atom. The van der Waals surface area contributed by atoms with Crippen molar-refractivity contribution >= 4 is 22.7 Å². The van der Waals surface area contributed by atoms with E-state index in [4.69, 9.17) is 9.15 Å². The van der Waals surface area contributed by atoms with Gasteiger partial charge in [0.25, 0.3) is 5.91 Å². The molecule has 1 unspecified atom stereocenters. The van der Waals surface area contributed by atoms with E-state index in [2.05, 4.69) is 31.1 Å². The molecule has 1 aromatic heterocycles. The Kier molecular flexibility index (Phi) is 5.99. The lowest BCUT2D eigenvalue weighted by atomic mass is 10.1. The molecule has 1 heterocycles. The van der Waals surface area contributed by atoms with Crippen LogP contribution in [-0.4, -0.2) is 17.0 Å². The second-order valence-electron chi connectivity index (χ2n) is 8.27. The third-order valence-electron chi connectivity index (χ3n) is 5.77. The van der Waals surface area contributed by atoms with Gasteiger partial charge in [0.05, 0.1) is 6.10 Å². The lowest BCUT2D eigenvalue weighted by Crippen LogP contribution is -2.13. The van der Waals surface area contributed by atoms with Crippen molar-refractivity contribution in [3.8, 4) is 17.2 Å². The molecule has 0 aliphatic rings. The van der Waals surface area contributed by atoms with Gasteiger partial charge in [0.2, 0.25) is 5.89 Å². The molecule has 4 aromatic rings. The van der Waals surface area contributed by atoms with Crippen LogP contribution in [0.5, 0.6) is 5.75 Å². The average Bonchev–Trinajstić information content (AvgIpc) is 3.18. The van der Waals surface area contributed by atoms with Crippen LogP contribution in [0.2, 0.25) is 0 Å². The second-order valence-corrected chi connectivity index (χ2v) is 8.27. The summed E-state index contributed by atoms with van der Waals surface area (Å²) in [5.41, 5.74) is 6.99. The topological polar surface area (TPSA) is 64.4 Å². The number of oxazole rings is 1. The number of hydrogen-bond donors (Lipinski definition) is 1. The van der Waals surface area contributed by atoms with Gasteiger partial charge < -0.3 is 14.5 Å². The Labute approximate surface area is 188 Å². The van der Waals surface area contributed by atoms with Crippen LogP contribution in [0.1, 0.15) is 47.3 Å². The molecule has 164 valence electrons. The van der Waals surface area contributed by atoms with Crippen molar-refractivity contribution in [3.05, 3.63) is 76.9 Å². The summed E-state index contributed by atoms with van der Waals surface area (Å²) in [6, 6.07) is 17.1.